The lowest BCUT2D eigenvalue weighted by atomic mass is 9.98. The first-order valence-electron chi connectivity index (χ1n) is 8.52. The van der Waals surface area contributed by atoms with Crippen LogP contribution in [0.15, 0.2) is 42.5 Å². The molecule has 2 aliphatic heterocycles. The molecule has 5 nitrogen and oxygen atoms in total. The second kappa shape index (κ2) is 6.01. The Morgan fingerprint density at radius 2 is 1.84 bits per heavy atom. The minimum atomic E-state index is -0.408. The summed E-state index contributed by atoms with van der Waals surface area (Å²) < 4.78 is 0. The number of hydrogen-bond acceptors (Lipinski definition) is 4. The molecule has 2 aromatic carbocycles. The Morgan fingerprint density at radius 3 is 2.60 bits per heavy atom. The van der Waals surface area contributed by atoms with Crippen molar-refractivity contribution in [2.45, 2.75) is 32.4 Å². The van der Waals surface area contributed by atoms with E-state index < -0.39 is 6.04 Å². The van der Waals surface area contributed by atoms with Crippen LogP contribution in [0.25, 0.3) is 0 Å². The summed E-state index contributed by atoms with van der Waals surface area (Å²) in [4.78, 5) is 28.9. The molecule has 2 aromatic rings. The van der Waals surface area contributed by atoms with Crippen LogP contribution in [0.4, 0.5) is 5.69 Å². The van der Waals surface area contributed by atoms with E-state index in [9.17, 15) is 14.7 Å². The Labute approximate surface area is 146 Å². The van der Waals surface area contributed by atoms with Crippen LogP contribution in [0.1, 0.15) is 23.1 Å². The SMILES string of the molecule is Cc1cc(O)ccc1N1C(=O)CC(N2CCc3ccccc3C2)C1=O. The lowest BCUT2D eigenvalue weighted by Crippen LogP contribution is -2.44. The molecule has 0 saturated carbocycles. The molecule has 0 spiro atoms. The van der Waals surface area contributed by atoms with Gasteiger partial charge in [-0.25, -0.2) is 4.90 Å². The molecular weight excluding hydrogens is 316 g/mol. The summed E-state index contributed by atoms with van der Waals surface area (Å²) in [6.45, 7) is 3.27. The highest BCUT2D eigenvalue weighted by atomic mass is 16.3. The predicted octanol–water partition coefficient (Wildman–Crippen LogP) is 2.39. The number of carbonyl (C=O) groups excluding carboxylic acids is 2. The van der Waals surface area contributed by atoms with Crippen molar-refractivity contribution in [2.24, 2.45) is 0 Å². The van der Waals surface area contributed by atoms with Crippen LogP contribution in [0.5, 0.6) is 5.75 Å². The number of aromatic hydroxyl groups is 1. The highest BCUT2D eigenvalue weighted by Gasteiger charge is 2.43. The molecule has 0 radical (unpaired) electrons. The molecule has 1 fully saturated rings. The highest BCUT2D eigenvalue weighted by Crippen LogP contribution is 2.32. The third-order valence-corrected chi connectivity index (χ3v) is 5.15. The Morgan fingerprint density at radius 1 is 1.08 bits per heavy atom. The first-order valence-corrected chi connectivity index (χ1v) is 8.52. The maximum absolute atomic E-state index is 13.0. The number of amides is 2. The highest BCUT2D eigenvalue weighted by molar-refractivity contribution is 6.22. The van der Waals surface area contributed by atoms with Gasteiger partial charge in [0.05, 0.1) is 18.2 Å². The summed E-state index contributed by atoms with van der Waals surface area (Å²) in [5.74, 6) is -0.217. The number of aryl methyl sites for hydroxylation is 1. The fraction of sp³-hybridized carbons (Fsp3) is 0.300. The van der Waals surface area contributed by atoms with Gasteiger partial charge < -0.3 is 5.11 Å². The van der Waals surface area contributed by atoms with Crippen LogP contribution < -0.4 is 4.90 Å². The second-order valence-corrected chi connectivity index (χ2v) is 6.75. The number of phenolic OH excluding ortho intramolecular Hbond substituents is 1. The maximum Gasteiger partial charge on any atom is 0.251 e. The smallest absolute Gasteiger partial charge is 0.251 e. The van der Waals surface area contributed by atoms with Crippen molar-refractivity contribution in [3.8, 4) is 5.75 Å². The van der Waals surface area contributed by atoms with Gasteiger partial charge in [-0.1, -0.05) is 24.3 Å². The van der Waals surface area contributed by atoms with Gasteiger partial charge in [-0.3, -0.25) is 14.5 Å². The Kier molecular flexibility index (Phi) is 3.81. The van der Waals surface area contributed by atoms with Crippen molar-refractivity contribution in [1.82, 2.24) is 4.90 Å². The average molecular weight is 336 g/mol. The van der Waals surface area contributed by atoms with E-state index in [4.69, 9.17) is 0 Å². The van der Waals surface area contributed by atoms with Crippen LogP contribution in [0, 0.1) is 6.92 Å². The summed E-state index contributed by atoms with van der Waals surface area (Å²) in [7, 11) is 0. The largest absolute Gasteiger partial charge is 0.508 e. The molecule has 0 bridgehead atoms. The number of fused-ring (bicyclic) bond motifs is 1. The maximum atomic E-state index is 13.0. The van der Waals surface area contributed by atoms with Gasteiger partial charge in [0, 0.05) is 13.1 Å². The van der Waals surface area contributed by atoms with Crippen molar-refractivity contribution in [2.75, 3.05) is 11.4 Å². The zero-order valence-corrected chi connectivity index (χ0v) is 14.1. The number of phenols is 1. The van der Waals surface area contributed by atoms with Crippen molar-refractivity contribution in [3.05, 3.63) is 59.2 Å². The molecule has 0 aliphatic carbocycles. The van der Waals surface area contributed by atoms with Gasteiger partial charge in [-0.15, -0.1) is 0 Å². The summed E-state index contributed by atoms with van der Waals surface area (Å²) in [5, 5.41) is 9.56. The number of benzene rings is 2. The van der Waals surface area contributed by atoms with E-state index in [1.165, 1.54) is 22.1 Å². The second-order valence-electron chi connectivity index (χ2n) is 6.75. The minimum Gasteiger partial charge on any atom is -0.508 e. The van der Waals surface area contributed by atoms with E-state index in [2.05, 4.69) is 17.0 Å². The van der Waals surface area contributed by atoms with Gasteiger partial charge in [0.25, 0.3) is 5.91 Å². The molecule has 128 valence electrons. The topological polar surface area (TPSA) is 60.9 Å². The molecular formula is C20H20N2O3. The number of anilines is 1. The van der Waals surface area contributed by atoms with E-state index in [0.29, 0.717) is 17.8 Å². The molecule has 1 atom stereocenters. The first kappa shape index (κ1) is 15.8. The van der Waals surface area contributed by atoms with E-state index in [0.717, 1.165) is 13.0 Å². The van der Waals surface area contributed by atoms with Gasteiger partial charge in [-0.2, -0.15) is 0 Å². The first-order chi connectivity index (χ1) is 12.0. The Bertz CT molecular complexity index is 862. The molecule has 2 heterocycles. The molecule has 2 amide bonds. The predicted molar refractivity (Wildman–Crippen MR) is 94.3 cm³/mol. The Balaban J connectivity index is 1.60. The minimum absolute atomic E-state index is 0.129. The molecule has 4 rings (SSSR count). The summed E-state index contributed by atoms with van der Waals surface area (Å²) >= 11 is 0. The third-order valence-electron chi connectivity index (χ3n) is 5.15. The average Bonchev–Trinajstić information content (AvgIpc) is 2.89. The van der Waals surface area contributed by atoms with Gasteiger partial charge in [0.2, 0.25) is 5.91 Å². The lowest BCUT2D eigenvalue weighted by Gasteiger charge is -2.32. The lowest BCUT2D eigenvalue weighted by molar-refractivity contribution is -0.123. The number of imide groups is 1. The van der Waals surface area contributed by atoms with Gasteiger partial charge >= 0.3 is 0 Å². The number of nitrogens with zero attached hydrogens (tertiary/aromatic N) is 2. The van der Waals surface area contributed by atoms with Crippen LogP contribution in [0.2, 0.25) is 0 Å². The normalized spacial score (nSPS) is 20.8. The standard InChI is InChI=1S/C20H20N2O3/c1-13-10-16(23)6-7-17(13)22-19(24)11-18(20(22)25)21-9-8-14-4-2-3-5-15(14)12-21/h2-7,10,18,23H,8-9,11-12H2,1H3. The van der Waals surface area contributed by atoms with Crippen LogP contribution in [-0.4, -0.2) is 34.4 Å². The zero-order valence-electron chi connectivity index (χ0n) is 14.1. The van der Waals surface area contributed by atoms with E-state index in [-0.39, 0.29) is 24.0 Å². The van der Waals surface area contributed by atoms with E-state index >= 15 is 0 Å². The molecule has 1 saturated heterocycles. The summed E-state index contributed by atoms with van der Waals surface area (Å²) in [6, 6.07) is 12.6. The van der Waals surface area contributed by atoms with E-state index in [1.54, 1.807) is 19.1 Å². The quantitative estimate of drug-likeness (QED) is 0.856. The van der Waals surface area contributed by atoms with Crippen LogP contribution >= 0.6 is 0 Å². The summed E-state index contributed by atoms with van der Waals surface area (Å²) in [6.07, 6.45) is 1.10. The summed E-state index contributed by atoms with van der Waals surface area (Å²) in [5.41, 5.74) is 3.83. The van der Waals surface area contributed by atoms with Crippen molar-refractivity contribution < 1.29 is 14.7 Å². The molecule has 2 aliphatic rings. The van der Waals surface area contributed by atoms with Gasteiger partial charge in [-0.05, 0) is 48.2 Å². The van der Waals surface area contributed by atoms with Crippen LogP contribution in [-0.2, 0) is 22.6 Å². The fourth-order valence-electron chi connectivity index (χ4n) is 3.83. The molecule has 0 aromatic heterocycles. The van der Waals surface area contributed by atoms with E-state index in [1.807, 2.05) is 12.1 Å². The molecule has 5 heteroatoms. The zero-order chi connectivity index (χ0) is 17.6. The van der Waals surface area contributed by atoms with Gasteiger partial charge in [0.1, 0.15) is 5.75 Å². The molecule has 1 N–H and O–H groups in total. The van der Waals surface area contributed by atoms with Crippen molar-refractivity contribution >= 4 is 17.5 Å². The number of hydrogen-bond donors (Lipinski definition) is 1. The van der Waals surface area contributed by atoms with Crippen LogP contribution in [0.3, 0.4) is 0 Å². The third kappa shape index (κ3) is 2.70. The number of carbonyl (C=O) groups is 2. The van der Waals surface area contributed by atoms with Gasteiger partial charge in [0.15, 0.2) is 0 Å². The fourth-order valence-corrected chi connectivity index (χ4v) is 3.83. The Hall–Kier alpha value is -2.66. The molecule has 1 unspecified atom stereocenters. The number of rotatable bonds is 2. The monoisotopic (exact) mass is 336 g/mol. The molecule has 25 heavy (non-hydrogen) atoms. The van der Waals surface area contributed by atoms with Crippen molar-refractivity contribution in [3.63, 3.8) is 0 Å². The van der Waals surface area contributed by atoms with Crippen molar-refractivity contribution in [1.29, 1.82) is 0 Å².